The summed E-state index contributed by atoms with van der Waals surface area (Å²) in [5, 5.41) is 15.7. The molecule has 126 valence electrons. The molecular weight excluding hydrogens is 316 g/mol. The third-order valence-corrected chi connectivity index (χ3v) is 3.63. The number of ether oxygens (including phenoxy) is 2. The van der Waals surface area contributed by atoms with Gasteiger partial charge in [-0.1, -0.05) is 5.16 Å². The van der Waals surface area contributed by atoms with E-state index in [-0.39, 0.29) is 16.8 Å². The molecule has 0 bridgehead atoms. The number of carbonyl (C=O) groups is 2. The summed E-state index contributed by atoms with van der Waals surface area (Å²) in [6.07, 6.45) is 0.692. The highest BCUT2D eigenvalue weighted by molar-refractivity contribution is 6.09. The van der Waals surface area contributed by atoms with Crippen molar-refractivity contribution in [2.45, 2.75) is 20.3 Å². The lowest BCUT2D eigenvalue weighted by Crippen LogP contribution is -2.16. The molecule has 0 atom stereocenters. The smallest absolute Gasteiger partial charge is 0.337 e. The Bertz CT molecular complexity index is 792. The van der Waals surface area contributed by atoms with Gasteiger partial charge in [-0.25, -0.2) is 4.79 Å². The molecule has 8 nitrogen and oxygen atoms in total. The number of aryl methyl sites for hydroxylation is 2. The Kier molecular flexibility index (Phi) is 4.11. The zero-order valence-corrected chi connectivity index (χ0v) is 13.2. The van der Waals surface area contributed by atoms with Crippen molar-refractivity contribution < 1.29 is 28.7 Å². The molecule has 0 radical (unpaired) electrons. The third-order valence-electron chi connectivity index (χ3n) is 3.63. The Balaban J connectivity index is 1.99. The average Bonchev–Trinajstić information content (AvgIpc) is 2.73. The van der Waals surface area contributed by atoms with E-state index in [9.17, 15) is 14.7 Å². The fourth-order valence-electron chi connectivity index (χ4n) is 2.48. The monoisotopic (exact) mass is 332 g/mol. The van der Waals surface area contributed by atoms with Gasteiger partial charge in [0.1, 0.15) is 11.3 Å². The summed E-state index contributed by atoms with van der Waals surface area (Å²) < 4.78 is 16.0. The van der Waals surface area contributed by atoms with Gasteiger partial charge >= 0.3 is 5.97 Å². The Morgan fingerprint density at radius 2 is 1.83 bits per heavy atom. The molecule has 1 aliphatic heterocycles. The lowest BCUT2D eigenvalue weighted by Gasteiger charge is -2.13. The molecule has 8 heteroatoms. The van der Waals surface area contributed by atoms with Crippen molar-refractivity contribution in [3.63, 3.8) is 0 Å². The van der Waals surface area contributed by atoms with Crippen LogP contribution in [0.15, 0.2) is 16.7 Å². The standard InChI is InChI=1S/C16H16N2O6/c1-8-14(9(2)24-18-8)15(19)17-11-7-13-12(6-10(11)16(20)21)22-4-3-5-23-13/h6-7H,3-5H2,1-2H3,(H,17,19)(H,20,21). The normalized spacial score (nSPS) is 13.2. The number of benzene rings is 1. The second-order valence-electron chi connectivity index (χ2n) is 5.35. The molecule has 0 fully saturated rings. The van der Waals surface area contributed by atoms with Crippen LogP contribution in [0, 0.1) is 13.8 Å². The summed E-state index contributed by atoms with van der Waals surface area (Å²) in [6, 6.07) is 2.81. The van der Waals surface area contributed by atoms with Crippen LogP contribution in [0.2, 0.25) is 0 Å². The second kappa shape index (κ2) is 6.23. The number of rotatable bonds is 3. The zero-order chi connectivity index (χ0) is 17.3. The predicted molar refractivity (Wildman–Crippen MR) is 82.9 cm³/mol. The first-order valence-corrected chi connectivity index (χ1v) is 7.38. The number of anilines is 1. The van der Waals surface area contributed by atoms with Gasteiger partial charge in [0.15, 0.2) is 11.5 Å². The van der Waals surface area contributed by atoms with Crippen LogP contribution in [0.4, 0.5) is 5.69 Å². The van der Waals surface area contributed by atoms with Gasteiger partial charge in [0.2, 0.25) is 0 Å². The third kappa shape index (κ3) is 2.90. The summed E-state index contributed by atoms with van der Waals surface area (Å²) in [7, 11) is 0. The molecule has 0 unspecified atom stereocenters. The molecular formula is C16H16N2O6. The van der Waals surface area contributed by atoms with Crippen LogP contribution in [-0.2, 0) is 0 Å². The van der Waals surface area contributed by atoms with Crippen molar-refractivity contribution in [3.8, 4) is 11.5 Å². The van der Waals surface area contributed by atoms with Gasteiger partial charge in [-0.2, -0.15) is 0 Å². The van der Waals surface area contributed by atoms with Gasteiger partial charge in [-0.05, 0) is 13.8 Å². The van der Waals surface area contributed by atoms with Crippen LogP contribution in [0.25, 0.3) is 0 Å². The van der Waals surface area contributed by atoms with Gasteiger partial charge in [0.25, 0.3) is 5.91 Å². The maximum absolute atomic E-state index is 12.5. The van der Waals surface area contributed by atoms with Crippen LogP contribution >= 0.6 is 0 Å². The molecule has 3 rings (SSSR count). The van der Waals surface area contributed by atoms with Crippen LogP contribution in [-0.4, -0.2) is 35.4 Å². The van der Waals surface area contributed by atoms with Crippen LogP contribution in [0.5, 0.6) is 11.5 Å². The van der Waals surface area contributed by atoms with Gasteiger partial charge in [-0.15, -0.1) is 0 Å². The number of hydrogen-bond acceptors (Lipinski definition) is 6. The maximum atomic E-state index is 12.5. The van der Waals surface area contributed by atoms with Crippen molar-refractivity contribution in [2.75, 3.05) is 18.5 Å². The van der Waals surface area contributed by atoms with Crippen molar-refractivity contribution in [1.29, 1.82) is 0 Å². The molecule has 1 aromatic heterocycles. The van der Waals surface area contributed by atoms with E-state index in [1.165, 1.54) is 12.1 Å². The quantitative estimate of drug-likeness (QED) is 0.887. The molecule has 24 heavy (non-hydrogen) atoms. The fraction of sp³-hybridized carbons (Fsp3) is 0.312. The Hall–Kier alpha value is -3.03. The molecule has 2 N–H and O–H groups in total. The number of carboxylic acid groups (broad SMARTS) is 1. The number of hydrogen-bond donors (Lipinski definition) is 2. The van der Waals surface area contributed by atoms with Gasteiger partial charge in [-0.3, -0.25) is 4.79 Å². The highest BCUT2D eigenvalue weighted by atomic mass is 16.5. The number of aromatic nitrogens is 1. The molecule has 0 saturated carbocycles. The van der Waals surface area contributed by atoms with E-state index in [1.807, 2.05) is 0 Å². The molecule has 2 heterocycles. The highest BCUT2D eigenvalue weighted by Gasteiger charge is 2.23. The number of fused-ring (bicyclic) bond motifs is 1. The summed E-state index contributed by atoms with van der Waals surface area (Å²) in [5.74, 6) is -0.578. The Morgan fingerprint density at radius 3 is 2.42 bits per heavy atom. The van der Waals surface area contributed by atoms with E-state index >= 15 is 0 Å². The first-order chi connectivity index (χ1) is 11.5. The average molecular weight is 332 g/mol. The van der Waals surface area contributed by atoms with Crippen LogP contribution in [0.1, 0.15) is 38.6 Å². The van der Waals surface area contributed by atoms with E-state index in [0.717, 1.165) is 0 Å². The summed E-state index contributed by atoms with van der Waals surface area (Å²) in [5.41, 5.74) is 0.741. The molecule has 2 aromatic rings. The molecule has 1 aromatic carbocycles. The van der Waals surface area contributed by atoms with E-state index in [1.54, 1.807) is 13.8 Å². The van der Waals surface area contributed by atoms with Crippen LogP contribution in [0.3, 0.4) is 0 Å². The van der Waals surface area contributed by atoms with Crippen molar-refractivity contribution >= 4 is 17.6 Å². The van der Waals surface area contributed by atoms with Gasteiger partial charge in [0, 0.05) is 18.6 Å². The second-order valence-corrected chi connectivity index (χ2v) is 5.35. The molecule has 1 amide bonds. The summed E-state index contributed by atoms with van der Waals surface area (Å²) in [4.78, 5) is 24.0. The molecule has 0 aliphatic carbocycles. The SMILES string of the molecule is Cc1noc(C)c1C(=O)Nc1cc2c(cc1C(=O)O)OCCCO2. The zero-order valence-electron chi connectivity index (χ0n) is 13.2. The minimum absolute atomic E-state index is 0.0839. The molecule has 1 aliphatic rings. The largest absolute Gasteiger partial charge is 0.490 e. The summed E-state index contributed by atoms with van der Waals surface area (Å²) in [6.45, 7) is 4.14. The number of carboxylic acids is 1. The Labute approximate surface area is 137 Å². The first kappa shape index (κ1) is 15.9. The lowest BCUT2D eigenvalue weighted by atomic mass is 10.1. The van der Waals surface area contributed by atoms with Crippen molar-refractivity contribution in [3.05, 3.63) is 34.7 Å². The van der Waals surface area contributed by atoms with Crippen LogP contribution < -0.4 is 14.8 Å². The Morgan fingerprint density at radius 1 is 1.17 bits per heavy atom. The van der Waals surface area contributed by atoms with Crippen molar-refractivity contribution in [2.24, 2.45) is 0 Å². The number of nitrogens with zero attached hydrogens (tertiary/aromatic N) is 1. The van der Waals surface area contributed by atoms with Gasteiger partial charge < -0.3 is 24.4 Å². The van der Waals surface area contributed by atoms with Gasteiger partial charge in [0.05, 0.1) is 30.2 Å². The topological polar surface area (TPSA) is 111 Å². The summed E-state index contributed by atoms with van der Waals surface area (Å²) >= 11 is 0. The molecule has 0 saturated heterocycles. The fourth-order valence-corrected chi connectivity index (χ4v) is 2.48. The van der Waals surface area contributed by atoms with E-state index < -0.39 is 11.9 Å². The number of amides is 1. The number of aromatic carboxylic acids is 1. The highest BCUT2D eigenvalue weighted by Crippen LogP contribution is 2.35. The minimum atomic E-state index is -1.18. The lowest BCUT2D eigenvalue weighted by molar-refractivity contribution is 0.0697. The predicted octanol–water partition coefficient (Wildman–Crippen LogP) is 2.40. The van der Waals surface area contributed by atoms with E-state index in [0.29, 0.717) is 42.6 Å². The first-order valence-electron chi connectivity index (χ1n) is 7.38. The maximum Gasteiger partial charge on any atom is 0.337 e. The number of carbonyl (C=O) groups excluding carboxylic acids is 1. The molecule has 0 spiro atoms. The number of nitrogens with one attached hydrogen (secondary N) is 1. The van der Waals surface area contributed by atoms with Crippen molar-refractivity contribution in [1.82, 2.24) is 5.16 Å². The minimum Gasteiger partial charge on any atom is -0.490 e. The van der Waals surface area contributed by atoms with E-state index in [4.69, 9.17) is 14.0 Å². The van der Waals surface area contributed by atoms with E-state index in [2.05, 4.69) is 10.5 Å².